The summed E-state index contributed by atoms with van der Waals surface area (Å²) in [6.45, 7) is 0.228. The van der Waals surface area contributed by atoms with Crippen molar-refractivity contribution in [3.63, 3.8) is 0 Å². The highest BCUT2D eigenvalue weighted by Crippen LogP contribution is 2.13. The van der Waals surface area contributed by atoms with Crippen molar-refractivity contribution >= 4 is 11.9 Å². The maximum absolute atomic E-state index is 12.3. The summed E-state index contributed by atoms with van der Waals surface area (Å²) >= 11 is 0. The van der Waals surface area contributed by atoms with Crippen LogP contribution in [0.1, 0.15) is 16.8 Å². The topological polar surface area (TPSA) is 119 Å². The van der Waals surface area contributed by atoms with E-state index in [2.05, 4.69) is 20.8 Å². The number of hydrogen-bond donors (Lipinski definition) is 2. The minimum atomic E-state index is -1.12. The van der Waals surface area contributed by atoms with E-state index in [1.807, 2.05) is 0 Å². The van der Waals surface area contributed by atoms with Gasteiger partial charge in [-0.2, -0.15) is 4.68 Å². The van der Waals surface area contributed by atoms with Crippen LogP contribution in [0.15, 0.2) is 30.6 Å². The van der Waals surface area contributed by atoms with Gasteiger partial charge in [0, 0.05) is 20.1 Å². The summed E-state index contributed by atoms with van der Waals surface area (Å²) in [7, 11) is 1.47. The van der Waals surface area contributed by atoms with E-state index in [-0.39, 0.29) is 18.6 Å². The van der Waals surface area contributed by atoms with Gasteiger partial charge in [-0.3, -0.25) is 4.79 Å². The van der Waals surface area contributed by atoms with Crippen LogP contribution in [0.3, 0.4) is 0 Å². The van der Waals surface area contributed by atoms with Crippen molar-refractivity contribution < 1.29 is 19.4 Å². The zero-order valence-corrected chi connectivity index (χ0v) is 11.8. The number of carbonyl (C=O) groups excluding carboxylic acids is 1. The van der Waals surface area contributed by atoms with E-state index < -0.39 is 17.9 Å². The zero-order valence-electron chi connectivity index (χ0n) is 11.8. The predicted molar refractivity (Wildman–Crippen MR) is 74.5 cm³/mol. The summed E-state index contributed by atoms with van der Waals surface area (Å²) in [5, 5.41) is 22.4. The highest BCUT2D eigenvalue weighted by atomic mass is 16.5. The largest absolute Gasteiger partial charge is 0.480 e. The molecule has 0 bridgehead atoms. The fourth-order valence-electron chi connectivity index (χ4n) is 1.87. The number of nitrogens with one attached hydrogen (secondary N) is 1. The molecule has 1 aromatic heterocycles. The lowest BCUT2D eigenvalue weighted by atomic mass is 10.1. The molecular weight excluding hydrogens is 290 g/mol. The maximum Gasteiger partial charge on any atom is 0.326 e. The quantitative estimate of drug-likeness (QED) is 0.732. The minimum Gasteiger partial charge on any atom is -0.480 e. The normalized spacial score (nSPS) is 11.9. The maximum atomic E-state index is 12.3. The summed E-state index contributed by atoms with van der Waals surface area (Å²) < 4.78 is 6.18. The van der Waals surface area contributed by atoms with Crippen molar-refractivity contribution in [1.29, 1.82) is 0 Å². The zero-order chi connectivity index (χ0) is 15.9. The van der Waals surface area contributed by atoms with E-state index in [9.17, 15) is 9.59 Å². The number of methoxy groups -OCH3 is 1. The third kappa shape index (κ3) is 3.64. The van der Waals surface area contributed by atoms with E-state index in [1.54, 1.807) is 24.3 Å². The number of amides is 1. The van der Waals surface area contributed by atoms with Gasteiger partial charge in [0.2, 0.25) is 0 Å². The Morgan fingerprint density at radius 3 is 2.82 bits per heavy atom. The van der Waals surface area contributed by atoms with E-state index in [0.29, 0.717) is 5.69 Å². The lowest BCUT2D eigenvalue weighted by Gasteiger charge is -2.15. The summed E-state index contributed by atoms with van der Waals surface area (Å²) in [5.74, 6) is -1.64. The van der Waals surface area contributed by atoms with Gasteiger partial charge in [0.15, 0.2) is 0 Å². The van der Waals surface area contributed by atoms with E-state index >= 15 is 0 Å². The summed E-state index contributed by atoms with van der Waals surface area (Å²) in [6, 6.07) is 5.60. The minimum absolute atomic E-state index is 0.171. The molecular formula is C13H15N5O4. The first-order valence-corrected chi connectivity index (χ1v) is 6.48. The Labute approximate surface area is 125 Å². The van der Waals surface area contributed by atoms with Crippen LogP contribution < -0.4 is 5.32 Å². The Hall–Kier alpha value is -2.81. The molecule has 0 radical (unpaired) electrons. The predicted octanol–water partition coefficient (Wildman–Crippen LogP) is -0.118. The highest BCUT2D eigenvalue weighted by molar-refractivity contribution is 5.99. The van der Waals surface area contributed by atoms with Crippen molar-refractivity contribution in [2.24, 2.45) is 0 Å². The molecule has 1 heterocycles. The Morgan fingerprint density at radius 2 is 2.18 bits per heavy atom. The molecule has 0 aliphatic carbocycles. The first-order valence-electron chi connectivity index (χ1n) is 6.48. The Balaban J connectivity index is 2.21. The molecule has 0 fully saturated rings. The number of nitrogens with zero attached hydrogens (tertiary/aromatic N) is 4. The molecule has 1 unspecified atom stereocenters. The number of hydrogen-bond acceptors (Lipinski definition) is 6. The Bertz CT molecular complexity index is 644. The van der Waals surface area contributed by atoms with E-state index in [1.165, 1.54) is 18.1 Å². The van der Waals surface area contributed by atoms with Crippen LogP contribution in [0, 0.1) is 0 Å². The first-order chi connectivity index (χ1) is 10.6. The lowest BCUT2D eigenvalue weighted by molar-refractivity contribution is -0.139. The Morgan fingerprint density at radius 1 is 1.41 bits per heavy atom. The summed E-state index contributed by atoms with van der Waals surface area (Å²) in [6.07, 6.45) is 1.52. The molecule has 1 amide bonds. The number of carboxylic acid groups (broad SMARTS) is 1. The number of aromatic nitrogens is 4. The van der Waals surface area contributed by atoms with Gasteiger partial charge in [-0.15, -0.1) is 5.10 Å². The van der Waals surface area contributed by atoms with Gasteiger partial charge in [0.25, 0.3) is 5.91 Å². The molecule has 2 N–H and O–H groups in total. The van der Waals surface area contributed by atoms with Crippen LogP contribution in [0.5, 0.6) is 0 Å². The molecule has 0 saturated heterocycles. The van der Waals surface area contributed by atoms with E-state index in [4.69, 9.17) is 9.84 Å². The number of benzene rings is 1. The van der Waals surface area contributed by atoms with Crippen LogP contribution in [-0.2, 0) is 9.53 Å². The number of ether oxygens (including phenoxy) is 1. The van der Waals surface area contributed by atoms with Gasteiger partial charge in [-0.1, -0.05) is 12.1 Å². The number of carbonyl (C=O) groups is 2. The molecule has 2 rings (SSSR count). The SMILES string of the molecule is COCCC(NC(=O)c1ccccc1-n1cnnn1)C(=O)O. The van der Waals surface area contributed by atoms with Crippen LogP contribution in [0.4, 0.5) is 0 Å². The fourth-order valence-corrected chi connectivity index (χ4v) is 1.87. The van der Waals surface area contributed by atoms with Gasteiger partial charge in [-0.05, 0) is 22.6 Å². The van der Waals surface area contributed by atoms with Crippen molar-refractivity contribution in [3.05, 3.63) is 36.2 Å². The molecule has 0 spiro atoms. The van der Waals surface area contributed by atoms with Gasteiger partial charge in [0.05, 0.1) is 11.3 Å². The van der Waals surface area contributed by atoms with Crippen molar-refractivity contribution in [1.82, 2.24) is 25.5 Å². The van der Waals surface area contributed by atoms with Crippen LogP contribution in [0.25, 0.3) is 5.69 Å². The lowest BCUT2D eigenvalue weighted by Crippen LogP contribution is -2.41. The molecule has 0 aliphatic rings. The molecule has 116 valence electrons. The third-order valence-electron chi connectivity index (χ3n) is 2.96. The molecule has 9 nitrogen and oxygen atoms in total. The van der Waals surface area contributed by atoms with Crippen LogP contribution in [0.2, 0.25) is 0 Å². The van der Waals surface area contributed by atoms with Crippen LogP contribution >= 0.6 is 0 Å². The second kappa shape index (κ2) is 7.27. The summed E-state index contributed by atoms with van der Waals surface area (Å²) in [4.78, 5) is 23.5. The molecule has 22 heavy (non-hydrogen) atoms. The number of tetrazole rings is 1. The highest BCUT2D eigenvalue weighted by Gasteiger charge is 2.22. The molecule has 0 aliphatic heterocycles. The Kier molecular flexibility index (Phi) is 5.15. The number of para-hydroxylation sites is 1. The number of carboxylic acids is 1. The van der Waals surface area contributed by atoms with Crippen molar-refractivity contribution in [3.8, 4) is 5.69 Å². The van der Waals surface area contributed by atoms with Crippen molar-refractivity contribution in [2.45, 2.75) is 12.5 Å². The average Bonchev–Trinajstić information content (AvgIpc) is 3.05. The van der Waals surface area contributed by atoms with Crippen molar-refractivity contribution in [2.75, 3.05) is 13.7 Å². The average molecular weight is 305 g/mol. The third-order valence-corrected chi connectivity index (χ3v) is 2.96. The van der Waals surface area contributed by atoms with E-state index in [0.717, 1.165) is 0 Å². The fraction of sp³-hybridized carbons (Fsp3) is 0.308. The molecule has 1 atom stereocenters. The number of aliphatic carboxylic acids is 1. The number of rotatable bonds is 7. The van der Waals surface area contributed by atoms with Gasteiger partial charge in [0.1, 0.15) is 12.4 Å². The molecule has 0 saturated carbocycles. The second-order valence-corrected chi connectivity index (χ2v) is 4.42. The second-order valence-electron chi connectivity index (χ2n) is 4.42. The van der Waals surface area contributed by atoms with Gasteiger partial charge >= 0.3 is 5.97 Å². The van der Waals surface area contributed by atoms with Gasteiger partial charge in [-0.25, -0.2) is 4.79 Å². The smallest absolute Gasteiger partial charge is 0.326 e. The first kappa shape index (κ1) is 15.6. The molecule has 2 aromatic rings. The summed E-state index contributed by atoms with van der Waals surface area (Å²) in [5.41, 5.74) is 0.736. The van der Waals surface area contributed by atoms with Crippen LogP contribution in [-0.4, -0.2) is 56.9 Å². The standard InChI is InChI=1S/C13H15N5O4/c1-22-7-6-10(13(20)21)15-12(19)9-4-2-3-5-11(9)18-8-14-16-17-18/h2-5,8,10H,6-7H2,1H3,(H,15,19)(H,20,21). The molecule has 9 heteroatoms. The monoisotopic (exact) mass is 305 g/mol. The molecule has 1 aromatic carbocycles. The van der Waals surface area contributed by atoms with Gasteiger partial charge < -0.3 is 15.2 Å².